The van der Waals surface area contributed by atoms with Crippen molar-refractivity contribution in [3.05, 3.63) is 90.1 Å². The Kier molecular flexibility index (Phi) is 5.44. The van der Waals surface area contributed by atoms with Crippen molar-refractivity contribution in [2.24, 2.45) is 0 Å². The van der Waals surface area contributed by atoms with Crippen molar-refractivity contribution in [2.75, 3.05) is 11.6 Å². The minimum absolute atomic E-state index is 0.206. The lowest BCUT2D eigenvalue weighted by molar-refractivity contribution is 0.102. The molecule has 1 N–H and O–H groups in total. The molecular weight excluding hydrogens is 389 g/mol. The molecule has 0 radical (unpaired) electrons. The molecule has 2 aromatic carbocycles. The maximum Gasteiger partial charge on any atom is 0.280 e. The van der Waals surface area contributed by atoms with E-state index in [2.05, 4.69) is 15.6 Å². The van der Waals surface area contributed by atoms with E-state index < -0.39 is 0 Å². The van der Waals surface area contributed by atoms with Crippen molar-refractivity contribution in [3.63, 3.8) is 0 Å². The van der Waals surface area contributed by atoms with Gasteiger partial charge in [-0.2, -0.15) is 0 Å². The van der Waals surface area contributed by atoms with Gasteiger partial charge in [-0.15, -0.1) is 16.9 Å². The van der Waals surface area contributed by atoms with E-state index in [-0.39, 0.29) is 17.4 Å². The number of halogens is 1. The summed E-state index contributed by atoms with van der Waals surface area (Å²) < 4.78 is 16.6. The minimum Gasteiger partial charge on any atom is -0.320 e. The number of benzene rings is 2. The number of nitrogens with one attached hydrogen (secondary N) is 1. The maximum atomic E-state index is 13.2. The first kappa shape index (κ1) is 18.9. The quantitative estimate of drug-likeness (QED) is 0.486. The van der Waals surface area contributed by atoms with Crippen LogP contribution in [0.3, 0.4) is 0 Å². The summed E-state index contributed by atoms with van der Waals surface area (Å²) in [5.74, 6) is -0.110. The zero-order valence-electron chi connectivity index (χ0n) is 15.6. The lowest BCUT2D eigenvalue weighted by Crippen LogP contribution is -2.16. The van der Waals surface area contributed by atoms with Crippen LogP contribution >= 0.6 is 11.8 Å². The number of hydrogen-bond acceptors (Lipinski definition) is 4. The molecule has 0 saturated carbocycles. The molecule has 146 valence electrons. The van der Waals surface area contributed by atoms with Gasteiger partial charge in [0, 0.05) is 23.0 Å². The van der Waals surface area contributed by atoms with Gasteiger partial charge in [-0.05, 0) is 54.3 Å². The van der Waals surface area contributed by atoms with Gasteiger partial charge in [0.25, 0.3) is 5.91 Å². The summed E-state index contributed by atoms with van der Waals surface area (Å²) in [6.07, 6.45) is 5.63. The summed E-state index contributed by atoms with van der Waals surface area (Å²) in [5.41, 5.74) is 1.75. The average Bonchev–Trinajstić information content (AvgIpc) is 3.39. The summed E-state index contributed by atoms with van der Waals surface area (Å²) >= 11 is 1.60. The molecule has 2 aromatic heterocycles. The molecule has 0 atom stereocenters. The van der Waals surface area contributed by atoms with Gasteiger partial charge in [0.15, 0.2) is 11.5 Å². The van der Waals surface area contributed by atoms with E-state index in [1.165, 1.54) is 12.1 Å². The molecular formula is C21H18FN5OS. The molecule has 0 bridgehead atoms. The highest BCUT2D eigenvalue weighted by molar-refractivity contribution is 7.98. The molecule has 0 fully saturated rings. The largest absolute Gasteiger partial charge is 0.320 e. The van der Waals surface area contributed by atoms with Crippen LogP contribution in [-0.4, -0.2) is 31.7 Å². The van der Waals surface area contributed by atoms with Crippen LogP contribution in [-0.2, 0) is 6.54 Å². The first-order valence-corrected chi connectivity index (χ1v) is 10.1. The SMILES string of the molecule is CSc1cccc(NC(=O)c2nnn(Cc3ccc(F)cc3)c2-n2cccc2)c1. The van der Waals surface area contributed by atoms with E-state index in [0.29, 0.717) is 18.1 Å². The predicted molar refractivity (Wildman–Crippen MR) is 111 cm³/mol. The van der Waals surface area contributed by atoms with Crippen LogP contribution in [0.25, 0.3) is 5.82 Å². The number of rotatable bonds is 6. The van der Waals surface area contributed by atoms with Crippen molar-refractivity contribution in [1.82, 2.24) is 19.6 Å². The normalized spacial score (nSPS) is 10.8. The number of carbonyl (C=O) groups excluding carboxylic acids is 1. The van der Waals surface area contributed by atoms with Gasteiger partial charge in [0.1, 0.15) is 5.82 Å². The van der Waals surface area contributed by atoms with Crippen molar-refractivity contribution >= 4 is 23.4 Å². The Bertz CT molecular complexity index is 1120. The Morgan fingerprint density at radius 1 is 1.10 bits per heavy atom. The fourth-order valence-corrected chi connectivity index (χ4v) is 3.41. The van der Waals surface area contributed by atoms with Crippen LogP contribution in [0.1, 0.15) is 16.1 Å². The smallest absolute Gasteiger partial charge is 0.280 e. The second-order valence-corrected chi connectivity index (χ2v) is 7.20. The summed E-state index contributed by atoms with van der Waals surface area (Å²) in [4.78, 5) is 14.0. The Balaban J connectivity index is 1.66. The predicted octanol–water partition coefficient (Wildman–Crippen LogP) is 4.23. The molecule has 29 heavy (non-hydrogen) atoms. The molecule has 4 rings (SSSR count). The van der Waals surface area contributed by atoms with Crippen molar-refractivity contribution in [2.45, 2.75) is 11.4 Å². The molecule has 0 aliphatic carbocycles. The Labute approximate surface area is 171 Å². The molecule has 8 heteroatoms. The molecule has 1 amide bonds. The topological polar surface area (TPSA) is 64.7 Å². The molecule has 4 aromatic rings. The molecule has 0 unspecified atom stereocenters. The summed E-state index contributed by atoms with van der Waals surface area (Å²) in [6.45, 7) is 0.357. The van der Waals surface area contributed by atoms with E-state index in [9.17, 15) is 9.18 Å². The molecule has 6 nitrogen and oxygen atoms in total. The third-order valence-corrected chi connectivity index (χ3v) is 5.07. The first-order chi connectivity index (χ1) is 14.1. The van der Waals surface area contributed by atoms with Crippen LogP contribution in [0.4, 0.5) is 10.1 Å². The lowest BCUT2D eigenvalue weighted by atomic mass is 10.2. The Morgan fingerprint density at radius 2 is 1.86 bits per heavy atom. The zero-order chi connectivity index (χ0) is 20.2. The summed E-state index contributed by atoms with van der Waals surface area (Å²) in [7, 11) is 0. The first-order valence-electron chi connectivity index (χ1n) is 8.91. The van der Waals surface area contributed by atoms with Crippen LogP contribution < -0.4 is 5.32 Å². The van der Waals surface area contributed by atoms with E-state index in [1.807, 2.05) is 55.0 Å². The standard InChI is InChI=1S/C21H18FN5OS/c1-29-18-6-4-5-17(13-18)23-20(28)19-21(26-11-2-3-12-26)27(25-24-19)14-15-7-9-16(22)10-8-15/h2-13H,14H2,1H3,(H,23,28). The molecule has 2 heterocycles. The number of amides is 1. The summed E-state index contributed by atoms with van der Waals surface area (Å²) in [6, 6.07) is 17.5. The lowest BCUT2D eigenvalue weighted by Gasteiger charge is -2.10. The number of hydrogen-bond donors (Lipinski definition) is 1. The van der Waals surface area contributed by atoms with Crippen molar-refractivity contribution in [1.29, 1.82) is 0 Å². The van der Waals surface area contributed by atoms with Gasteiger partial charge in [0.05, 0.1) is 6.54 Å². The number of carbonyl (C=O) groups is 1. The third kappa shape index (κ3) is 4.22. The average molecular weight is 407 g/mol. The van der Waals surface area contributed by atoms with Crippen LogP contribution in [0.5, 0.6) is 0 Å². The van der Waals surface area contributed by atoms with Crippen LogP contribution in [0.15, 0.2) is 78.0 Å². The van der Waals surface area contributed by atoms with Gasteiger partial charge in [-0.25, -0.2) is 9.07 Å². The van der Waals surface area contributed by atoms with E-state index >= 15 is 0 Å². The maximum absolute atomic E-state index is 13.2. The molecule has 0 aliphatic heterocycles. The third-order valence-electron chi connectivity index (χ3n) is 4.35. The van der Waals surface area contributed by atoms with E-state index in [1.54, 1.807) is 33.1 Å². The Morgan fingerprint density at radius 3 is 2.59 bits per heavy atom. The second kappa shape index (κ2) is 8.32. The number of aromatic nitrogens is 4. The monoisotopic (exact) mass is 407 g/mol. The fraction of sp³-hybridized carbons (Fsp3) is 0.0952. The van der Waals surface area contributed by atoms with Crippen molar-refractivity contribution < 1.29 is 9.18 Å². The molecule has 0 saturated heterocycles. The Hall–Kier alpha value is -3.39. The van der Waals surface area contributed by atoms with Gasteiger partial charge >= 0.3 is 0 Å². The number of anilines is 1. The van der Waals surface area contributed by atoms with E-state index in [0.717, 1.165) is 10.5 Å². The molecule has 0 spiro atoms. The number of thioether (sulfide) groups is 1. The highest BCUT2D eigenvalue weighted by Crippen LogP contribution is 2.21. The van der Waals surface area contributed by atoms with Gasteiger partial charge < -0.3 is 9.88 Å². The van der Waals surface area contributed by atoms with Crippen LogP contribution in [0.2, 0.25) is 0 Å². The van der Waals surface area contributed by atoms with Gasteiger partial charge in [-0.3, -0.25) is 4.79 Å². The van der Waals surface area contributed by atoms with Gasteiger partial charge in [0.2, 0.25) is 0 Å². The highest BCUT2D eigenvalue weighted by atomic mass is 32.2. The van der Waals surface area contributed by atoms with Crippen molar-refractivity contribution in [3.8, 4) is 5.82 Å². The van der Waals surface area contributed by atoms with E-state index in [4.69, 9.17) is 0 Å². The minimum atomic E-state index is -0.350. The fourth-order valence-electron chi connectivity index (χ4n) is 2.95. The zero-order valence-corrected chi connectivity index (χ0v) is 16.4. The second-order valence-electron chi connectivity index (χ2n) is 6.32. The summed E-state index contributed by atoms with van der Waals surface area (Å²) in [5, 5.41) is 11.2. The van der Waals surface area contributed by atoms with Crippen LogP contribution in [0, 0.1) is 5.82 Å². The van der Waals surface area contributed by atoms with Gasteiger partial charge in [-0.1, -0.05) is 23.4 Å². The molecule has 0 aliphatic rings. The highest BCUT2D eigenvalue weighted by Gasteiger charge is 2.21. The number of nitrogens with zero attached hydrogens (tertiary/aromatic N) is 4.